The lowest BCUT2D eigenvalue weighted by Crippen LogP contribution is -2.17. The minimum absolute atomic E-state index is 0.939. The molecule has 2 nitrogen and oxygen atoms in total. The van der Waals surface area contributed by atoms with Crippen molar-refractivity contribution in [1.29, 1.82) is 0 Å². The van der Waals surface area contributed by atoms with Crippen LogP contribution in [0.5, 0.6) is 0 Å². The number of aryl methyl sites for hydroxylation is 1. The first kappa shape index (κ1) is 14.6. The number of rotatable bonds is 5. The van der Waals surface area contributed by atoms with Crippen molar-refractivity contribution in [3.05, 3.63) is 78.1 Å². The van der Waals surface area contributed by atoms with E-state index in [9.17, 15) is 0 Å². The van der Waals surface area contributed by atoms with Gasteiger partial charge >= 0.3 is 0 Å². The van der Waals surface area contributed by atoms with Crippen molar-refractivity contribution >= 4 is 16.8 Å². The maximum absolute atomic E-state index is 2.33. The van der Waals surface area contributed by atoms with E-state index < -0.39 is 0 Å². The molecule has 0 bridgehead atoms. The minimum Gasteiger partial charge on any atom is -0.351 e. The topological polar surface area (TPSA) is 8.17 Å². The van der Waals surface area contributed by atoms with Crippen LogP contribution in [0.2, 0.25) is 0 Å². The summed E-state index contributed by atoms with van der Waals surface area (Å²) in [7, 11) is 4.23. The first-order valence-electron chi connectivity index (χ1n) is 7.67. The maximum atomic E-state index is 2.33. The maximum Gasteiger partial charge on any atom is 0.0401 e. The van der Waals surface area contributed by atoms with E-state index in [1.54, 1.807) is 0 Å². The molecule has 0 aliphatic carbocycles. The zero-order valence-electron chi connectivity index (χ0n) is 13.2. The third-order valence-electron chi connectivity index (χ3n) is 4.01. The number of hydrogen-bond donors (Lipinski definition) is 0. The predicted molar refractivity (Wildman–Crippen MR) is 94.7 cm³/mol. The van der Waals surface area contributed by atoms with Gasteiger partial charge in [-0.05, 0) is 41.6 Å². The van der Waals surface area contributed by atoms with Crippen LogP contribution in [0, 0.1) is 0 Å². The van der Waals surface area contributed by atoms with Gasteiger partial charge in [0.2, 0.25) is 0 Å². The fraction of sp³-hybridized carbons (Fsp3) is 0.200. The SMILES string of the molecule is CN(C/C=C/c1cccn1C)Cc1cccc2ccccc12. The second-order valence-electron chi connectivity index (χ2n) is 5.78. The Kier molecular flexibility index (Phi) is 4.40. The van der Waals surface area contributed by atoms with E-state index in [2.05, 4.69) is 96.5 Å². The van der Waals surface area contributed by atoms with E-state index in [-0.39, 0.29) is 0 Å². The van der Waals surface area contributed by atoms with E-state index in [1.807, 2.05) is 0 Å². The van der Waals surface area contributed by atoms with E-state index in [0.29, 0.717) is 0 Å². The first-order chi connectivity index (χ1) is 10.7. The molecule has 2 heteroatoms. The van der Waals surface area contributed by atoms with Gasteiger partial charge < -0.3 is 4.57 Å². The zero-order chi connectivity index (χ0) is 15.4. The first-order valence-corrected chi connectivity index (χ1v) is 7.67. The molecule has 1 heterocycles. The van der Waals surface area contributed by atoms with E-state index in [0.717, 1.165) is 13.1 Å². The van der Waals surface area contributed by atoms with Crippen LogP contribution < -0.4 is 0 Å². The van der Waals surface area contributed by atoms with E-state index >= 15 is 0 Å². The highest BCUT2D eigenvalue weighted by molar-refractivity contribution is 5.85. The summed E-state index contributed by atoms with van der Waals surface area (Å²) in [5, 5.41) is 2.66. The highest BCUT2D eigenvalue weighted by atomic mass is 15.1. The molecule has 0 atom stereocenters. The largest absolute Gasteiger partial charge is 0.351 e. The third kappa shape index (κ3) is 3.29. The Hall–Kier alpha value is -2.32. The molecule has 0 amide bonds. The summed E-state index contributed by atoms with van der Waals surface area (Å²) < 4.78 is 2.13. The third-order valence-corrected chi connectivity index (χ3v) is 4.01. The van der Waals surface area contributed by atoms with Crippen molar-refractivity contribution in [2.24, 2.45) is 7.05 Å². The quantitative estimate of drug-likeness (QED) is 0.679. The Morgan fingerprint density at radius 1 is 1.00 bits per heavy atom. The van der Waals surface area contributed by atoms with Crippen molar-refractivity contribution in [3.63, 3.8) is 0 Å². The normalized spacial score (nSPS) is 11.8. The molecule has 0 unspecified atom stereocenters. The van der Waals surface area contributed by atoms with Gasteiger partial charge in [-0.3, -0.25) is 4.90 Å². The summed E-state index contributed by atoms with van der Waals surface area (Å²) >= 11 is 0. The van der Waals surface area contributed by atoms with Crippen LogP contribution in [-0.2, 0) is 13.6 Å². The standard InChI is InChI=1S/C20H22N2/c1-21(14-6-11-19-12-7-15-22(19)2)16-18-10-5-9-17-8-3-4-13-20(17)18/h3-13,15H,14,16H2,1-2H3/b11-6+. The molecule has 22 heavy (non-hydrogen) atoms. The van der Waals surface area contributed by atoms with Crippen LogP contribution in [-0.4, -0.2) is 23.1 Å². The van der Waals surface area contributed by atoms with Gasteiger partial charge in [0.05, 0.1) is 0 Å². The molecule has 3 aromatic rings. The molecule has 3 rings (SSSR count). The molecule has 0 N–H and O–H groups in total. The minimum atomic E-state index is 0.939. The van der Waals surface area contributed by atoms with E-state index in [1.165, 1.54) is 22.0 Å². The summed E-state index contributed by atoms with van der Waals surface area (Å²) in [5.41, 5.74) is 2.62. The average Bonchev–Trinajstić information content (AvgIpc) is 2.93. The molecule has 0 aliphatic rings. The molecule has 0 fully saturated rings. The van der Waals surface area contributed by atoms with E-state index in [4.69, 9.17) is 0 Å². The van der Waals surface area contributed by atoms with Crippen LogP contribution in [0.25, 0.3) is 16.8 Å². The van der Waals surface area contributed by atoms with Gasteiger partial charge in [-0.25, -0.2) is 0 Å². The fourth-order valence-electron chi connectivity index (χ4n) is 2.79. The molecular weight excluding hydrogens is 268 g/mol. The molecule has 0 aliphatic heterocycles. The number of likely N-dealkylation sites (N-methyl/N-ethyl adjacent to an activating group) is 1. The second-order valence-corrected chi connectivity index (χ2v) is 5.78. The molecular formula is C20H22N2. The van der Waals surface area contributed by atoms with Gasteiger partial charge in [0, 0.05) is 32.0 Å². The van der Waals surface area contributed by atoms with Crippen LogP contribution in [0.4, 0.5) is 0 Å². The van der Waals surface area contributed by atoms with Crippen molar-refractivity contribution in [1.82, 2.24) is 9.47 Å². The van der Waals surface area contributed by atoms with Gasteiger partial charge in [0.15, 0.2) is 0 Å². The highest BCUT2D eigenvalue weighted by Crippen LogP contribution is 2.19. The predicted octanol–water partition coefficient (Wildman–Crippen LogP) is 4.32. The molecule has 2 aromatic carbocycles. The molecule has 0 spiro atoms. The van der Waals surface area contributed by atoms with Gasteiger partial charge in [-0.15, -0.1) is 0 Å². The lowest BCUT2D eigenvalue weighted by molar-refractivity contribution is 0.365. The second kappa shape index (κ2) is 6.63. The number of hydrogen-bond acceptors (Lipinski definition) is 1. The van der Waals surface area contributed by atoms with Gasteiger partial charge in [-0.1, -0.05) is 48.5 Å². The number of nitrogens with zero attached hydrogens (tertiary/aromatic N) is 2. The lowest BCUT2D eigenvalue weighted by Gasteiger charge is -2.16. The van der Waals surface area contributed by atoms with Gasteiger partial charge in [-0.2, -0.15) is 0 Å². The smallest absolute Gasteiger partial charge is 0.0401 e. The summed E-state index contributed by atoms with van der Waals surface area (Å²) in [6.07, 6.45) is 6.47. The molecule has 0 radical (unpaired) electrons. The van der Waals surface area contributed by atoms with Crippen molar-refractivity contribution in [2.45, 2.75) is 6.54 Å². The van der Waals surface area contributed by atoms with Crippen LogP contribution in [0.3, 0.4) is 0 Å². The Labute approximate surface area is 132 Å². The van der Waals surface area contributed by atoms with Gasteiger partial charge in [0.25, 0.3) is 0 Å². The molecule has 0 saturated heterocycles. The van der Waals surface area contributed by atoms with Crippen LogP contribution >= 0.6 is 0 Å². The Morgan fingerprint density at radius 3 is 2.64 bits per heavy atom. The number of benzene rings is 2. The summed E-state index contributed by atoms with van der Waals surface area (Å²) in [6.45, 7) is 1.90. The molecule has 0 saturated carbocycles. The number of aromatic nitrogens is 1. The zero-order valence-corrected chi connectivity index (χ0v) is 13.2. The van der Waals surface area contributed by atoms with Crippen molar-refractivity contribution in [2.75, 3.05) is 13.6 Å². The molecule has 112 valence electrons. The van der Waals surface area contributed by atoms with Crippen molar-refractivity contribution in [3.8, 4) is 0 Å². The van der Waals surface area contributed by atoms with Crippen molar-refractivity contribution < 1.29 is 0 Å². The summed E-state index contributed by atoms with van der Waals surface area (Å²) in [4.78, 5) is 2.33. The Balaban J connectivity index is 1.67. The molecule has 1 aromatic heterocycles. The monoisotopic (exact) mass is 290 g/mol. The summed E-state index contributed by atoms with van der Waals surface area (Å²) in [6, 6.07) is 19.3. The lowest BCUT2D eigenvalue weighted by atomic mass is 10.0. The highest BCUT2D eigenvalue weighted by Gasteiger charge is 2.03. The Bertz CT molecular complexity index is 778. The average molecular weight is 290 g/mol. The Morgan fingerprint density at radius 2 is 1.82 bits per heavy atom. The van der Waals surface area contributed by atoms with Crippen LogP contribution in [0.1, 0.15) is 11.3 Å². The number of fused-ring (bicyclic) bond motifs is 1. The van der Waals surface area contributed by atoms with Crippen LogP contribution in [0.15, 0.2) is 66.9 Å². The summed E-state index contributed by atoms with van der Waals surface area (Å²) in [5.74, 6) is 0. The fourth-order valence-corrected chi connectivity index (χ4v) is 2.79. The van der Waals surface area contributed by atoms with Gasteiger partial charge in [0.1, 0.15) is 0 Å².